The first-order chi connectivity index (χ1) is 35.8. The van der Waals surface area contributed by atoms with Gasteiger partial charge in [-0.15, -0.1) is 0 Å². The van der Waals surface area contributed by atoms with Gasteiger partial charge in [-0.3, -0.25) is 28.8 Å². The number of alkyl carbamates (subject to hydrolysis) is 1. The zero-order chi connectivity index (χ0) is 56.1. The standard InChI is InChI=1S/C55H77F2N5O14/c1-8-10-46-75-45-24-36-37-23-39(56)38-22-35(64)16-17-52(38,6)54(37,57)43(67)25-53(36,7)55(45,76-46)44(68)28-73-49(70)33(19-29(2)3)21-41(65)40(26-63)62-51(72)74-27-31-12-14-34(15-13-31)61-48(69)32(11-9-18-60-50(59)71)20-42(66)47(58)30(4)5/h12-17,22,29-30,32-33,36-37,39-40,43,45-47,63,67H,8-11,18-21,23-28,58H2,1-7H3,(H,61,69)(H,62,72)(H3,59,60,71)/t32-,33-,36+,37+,39+,40+,43+,45-,46?,47+,52+,53+,54+,55-/m1/s1. The smallest absolute Gasteiger partial charge is 0.408 e. The van der Waals surface area contributed by atoms with Crippen molar-refractivity contribution in [2.75, 3.05) is 25.1 Å². The minimum absolute atomic E-state index is 0.0373. The van der Waals surface area contributed by atoms with Crippen molar-refractivity contribution in [1.82, 2.24) is 10.6 Å². The second kappa shape index (κ2) is 24.5. The third-order valence-corrected chi connectivity index (χ3v) is 16.6. The number of aliphatic hydroxyl groups is 2. The largest absolute Gasteiger partial charge is 0.457 e. The van der Waals surface area contributed by atoms with Crippen molar-refractivity contribution < 1.29 is 76.3 Å². The molecule has 1 aromatic carbocycles. The van der Waals surface area contributed by atoms with E-state index in [4.69, 9.17) is 30.4 Å². The zero-order valence-corrected chi connectivity index (χ0v) is 44.6. The van der Waals surface area contributed by atoms with E-state index in [2.05, 4.69) is 16.0 Å². The molecule has 5 aliphatic rings. The van der Waals surface area contributed by atoms with Gasteiger partial charge in [0.2, 0.25) is 11.7 Å². The number of urea groups is 1. The average molecular weight is 1070 g/mol. The van der Waals surface area contributed by atoms with Gasteiger partial charge in [0.25, 0.3) is 0 Å². The van der Waals surface area contributed by atoms with Crippen LogP contribution < -0.4 is 27.4 Å². The molecule has 3 saturated carbocycles. The number of alkyl halides is 2. The minimum Gasteiger partial charge on any atom is -0.457 e. The van der Waals surface area contributed by atoms with E-state index in [9.17, 15) is 48.6 Å². The topological polar surface area (TPSA) is 302 Å². The van der Waals surface area contributed by atoms with Gasteiger partial charge in [0.15, 0.2) is 41.5 Å². The summed E-state index contributed by atoms with van der Waals surface area (Å²) in [4.78, 5) is 105. The Morgan fingerprint density at radius 1 is 0.961 bits per heavy atom. The van der Waals surface area contributed by atoms with E-state index in [0.29, 0.717) is 30.5 Å². The SMILES string of the molecule is CCCC1O[C@@H]2C[C@H]3[C@@H]4C[C@H](F)C5=CC(=O)C=C[C@]5(C)[C@@]4(F)[C@@H](O)C[C@]3(C)[C@]2(C(=O)COC(=O)[C@@H](CC(=O)[C@H](CO)NC(=O)OCc2ccc(NC(=O)[C@H](CCCNC(N)=O)CC(=O)[C@@H](N)C(C)C)cc2)CC(C)C)O1. The number of rotatable bonds is 25. The summed E-state index contributed by atoms with van der Waals surface area (Å²) in [5, 5.41) is 29.7. The van der Waals surface area contributed by atoms with E-state index in [-0.39, 0.29) is 74.9 Å². The highest BCUT2D eigenvalue weighted by molar-refractivity contribution is 6.01. The van der Waals surface area contributed by atoms with Crippen LogP contribution in [0, 0.1) is 46.3 Å². The molecule has 0 aromatic heterocycles. The Morgan fingerprint density at radius 2 is 1.64 bits per heavy atom. The lowest BCUT2D eigenvalue weighted by Gasteiger charge is -2.63. The molecule has 1 heterocycles. The summed E-state index contributed by atoms with van der Waals surface area (Å²) >= 11 is 0. The number of ketones is 4. The van der Waals surface area contributed by atoms with Gasteiger partial charge < -0.3 is 56.6 Å². The van der Waals surface area contributed by atoms with Crippen LogP contribution in [0.15, 0.2) is 48.1 Å². The molecule has 0 radical (unpaired) electrons. The summed E-state index contributed by atoms with van der Waals surface area (Å²) in [6.45, 7) is 10.6. The fourth-order valence-electron chi connectivity index (χ4n) is 12.6. The lowest BCUT2D eigenvalue weighted by Crippen LogP contribution is -2.71. The lowest BCUT2D eigenvalue weighted by molar-refractivity contribution is -0.235. The Hall–Kier alpha value is -5.48. The third-order valence-electron chi connectivity index (χ3n) is 16.6. The van der Waals surface area contributed by atoms with Crippen molar-refractivity contribution in [3.63, 3.8) is 0 Å². The summed E-state index contributed by atoms with van der Waals surface area (Å²) in [5.41, 5.74) is 4.78. The highest BCUT2D eigenvalue weighted by Crippen LogP contribution is 2.72. The predicted molar refractivity (Wildman–Crippen MR) is 272 cm³/mol. The van der Waals surface area contributed by atoms with Crippen LogP contribution in [0.1, 0.15) is 118 Å². The van der Waals surface area contributed by atoms with E-state index < -0.39 is 144 Å². The molecule has 1 saturated heterocycles. The summed E-state index contributed by atoms with van der Waals surface area (Å²) in [6.07, 6.45) is -2.06. The molecule has 1 unspecified atom stereocenters. The Labute approximate surface area is 442 Å². The number of hydrogen-bond acceptors (Lipinski definition) is 15. The van der Waals surface area contributed by atoms with E-state index >= 15 is 8.78 Å². The molecule has 14 atom stereocenters. The van der Waals surface area contributed by atoms with Crippen LogP contribution in [0.2, 0.25) is 0 Å². The average Bonchev–Trinajstić information content (AvgIpc) is 3.85. The number of esters is 1. The number of carbonyl (C=O) groups is 8. The fraction of sp³-hybridized carbons (Fsp3) is 0.673. The maximum absolute atomic E-state index is 18.0. The Bertz CT molecular complexity index is 2420. The molecule has 1 aliphatic heterocycles. The number of primary amides is 1. The number of benzene rings is 1. The van der Waals surface area contributed by atoms with Gasteiger partial charge >= 0.3 is 18.1 Å². The molecular formula is C55H77F2N5O14. The van der Waals surface area contributed by atoms with Gasteiger partial charge in [-0.1, -0.05) is 66.2 Å². The van der Waals surface area contributed by atoms with Crippen LogP contribution in [0.4, 0.5) is 24.1 Å². The first-order valence-corrected chi connectivity index (χ1v) is 26.5. The van der Waals surface area contributed by atoms with Crippen molar-refractivity contribution >= 4 is 52.8 Å². The Morgan fingerprint density at radius 3 is 2.28 bits per heavy atom. The van der Waals surface area contributed by atoms with Crippen LogP contribution in [0.5, 0.6) is 0 Å². The van der Waals surface area contributed by atoms with Gasteiger partial charge in [-0.2, -0.15) is 0 Å². The maximum atomic E-state index is 18.0. The number of nitrogens with one attached hydrogen (secondary N) is 3. The number of carbonyl (C=O) groups excluding carboxylic acids is 8. The van der Waals surface area contributed by atoms with Gasteiger partial charge in [-0.05, 0) is 105 Å². The number of hydrogen-bond donors (Lipinski definition) is 7. The lowest BCUT2D eigenvalue weighted by atomic mass is 9.44. The maximum Gasteiger partial charge on any atom is 0.408 e. The van der Waals surface area contributed by atoms with Crippen LogP contribution >= 0.6 is 0 Å². The number of anilines is 1. The van der Waals surface area contributed by atoms with Gasteiger partial charge in [0.1, 0.15) is 18.8 Å². The van der Waals surface area contributed by atoms with E-state index in [1.807, 2.05) is 20.8 Å². The number of aliphatic hydroxyl groups excluding tert-OH is 2. The van der Waals surface area contributed by atoms with Gasteiger partial charge in [0.05, 0.1) is 30.8 Å². The predicted octanol–water partition coefficient (Wildman–Crippen LogP) is 5.16. The molecule has 6 rings (SSSR count). The van der Waals surface area contributed by atoms with Gasteiger partial charge in [0, 0.05) is 47.7 Å². The number of amides is 4. The number of ether oxygens (including phenoxy) is 4. The number of fused-ring (bicyclic) bond motifs is 7. The summed E-state index contributed by atoms with van der Waals surface area (Å²) in [7, 11) is 0. The second-order valence-electron chi connectivity index (χ2n) is 22.5. The molecule has 420 valence electrons. The van der Waals surface area contributed by atoms with Gasteiger partial charge in [-0.25, -0.2) is 18.4 Å². The van der Waals surface area contributed by atoms with E-state index in [1.54, 1.807) is 45.0 Å². The van der Waals surface area contributed by atoms with Crippen molar-refractivity contribution in [3.8, 4) is 0 Å². The Balaban J connectivity index is 1.06. The number of halogens is 2. The molecule has 0 spiro atoms. The molecule has 4 aliphatic carbocycles. The normalized spacial score (nSPS) is 30.9. The Kier molecular flexibility index (Phi) is 19.2. The first-order valence-electron chi connectivity index (χ1n) is 26.5. The van der Waals surface area contributed by atoms with Crippen molar-refractivity contribution in [2.24, 2.45) is 57.8 Å². The monoisotopic (exact) mass is 1070 g/mol. The molecule has 19 nitrogen and oxygen atoms in total. The van der Waals surface area contributed by atoms with Crippen LogP contribution in [0.3, 0.4) is 0 Å². The highest BCUT2D eigenvalue weighted by atomic mass is 19.1. The molecular weight excluding hydrogens is 993 g/mol. The summed E-state index contributed by atoms with van der Waals surface area (Å²) < 4.78 is 58.1. The molecule has 1 aromatic rings. The van der Waals surface area contributed by atoms with Crippen LogP contribution in [0.25, 0.3) is 0 Å². The molecule has 0 bridgehead atoms. The fourth-order valence-corrected chi connectivity index (χ4v) is 12.6. The molecule has 4 fully saturated rings. The van der Waals surface area contributed by atoms with Crippen molar-refractivity contribution in [1.29, 1.82) is 0 Å². The second-order valence-corrected chi connectivity index (χ2v) is 22.5. The summed E-state index contributed by atoms with van der Waals surface area (Å²) in [5.74, 6) is -7.55. The quantitative estimate of drug-likeness (QED) is 0.0491. The number of Topliss-reactive ketones (excluding diaryl/α,β-unsaturated/α-hetero) is 3. The summed E-state index contributed by atoms with van der Waals surface area (Å²) in [6, 6.07) is 3.32. The highest BCUT2D eigenvalue weighted by Gasteiger charge is 2.80. The molecule has 21 heteroatoms. The molecule has 9 N–H and O–H groups in total. The first kappa shape index (κ1) is 59.8. The van der Waals surface area contributed by atoms with Crippen LogP contribution in [-0.4, -0.2) is 125 Å². The van der Waals surface area contributed by atoms with E-state index in [1.165, 1.54) is 19.1 Å². The minimum atomic E-state index is -2.42. The number of nitrogens with two attached hydrogens (primary N) is 2. The van der Waals surface area contributed by atoms with E-state index in [0.717, 1.165) is 6.08 Å². The molecule has 76 heavy (non-hydrogen) atoms. The molecule has 4 amide bonds. The number of allylic oxidation sites excluding steroid dienone is 4. The van der Waals surface area contributed by atoms with Crippen molar-refractivity contribution in [3.05, 3.63) is 53.6 Å². The third kappa shape index (κ3) is 12.1. The van der Waals surface area contributed by atoms with Crippen molar-refractivity contribution in [2.45, 2.75) is 167 Å². The van der Waals surface area contributed by atoms with Crippen LogP contribution in [-0.2, 0) is 54.3 Å². The zero-order valence-electron chi connectivity index (χ0n) is 44.6.